The van der Waals surface area contributed by atoms with Crippen LogP contribution in [-0.4, -0.2) is 16.2 Å². The summed E-state index contributed by atoms with van der Waals surface area (Å²) in [5.74, 6) is -0.608. The summed E-state index contributed by atoms with van der Waals surface area (Å²) in [6, 6.07) is 2.76. The van der Waals surface area contributed by atoms with Gasteiger partial charge in [-0.3, -0.25) is 9.78 Å². The lowest BCUT2D eigenvalue weighted by molar-refractivity contribution is 0.632. The van der Waals surface area contributed by atoms with Gasteiger partial charge in [-0.05, 0) is 43.4 Å². The van der Waals surface area contributed by atoms with E-state index in [0.29, 0.717) is 22.3 Å². The number of fused-ring (bicyclic) bond motifs is 3. The molecule has 0 amide bonds. The fraction of sp³-hybridized carbons (Fsp3) is 0.211. The Morgan fingerprint density at radius 2 is 2.04 bits per heavy atom. The fourth-order valence-electron chi connectivity index (χ4n) is 3.83. The molecule has 0 spiro atoms. The molecule has 1 aliphatic carbocycles. The molecule has 132 valence electrons. The van der Waals surface area contributed by atoms with Crippen LogP contribution in [0.15, 0.2) is 16.9 Å². The number of rotatable bonds is 2. The number of H-pyrrole nitrogens is 1. The lowest BCUT2D eigenvalue weighted by Gasteiger charge is -2.17. The first kappa shape index (κ1) is 16.3. The van der Waals surface area contributed by atoms with Crippen LogP contribution in [-0.2, 0) is 12.8 Å². The number of nitrogen functional groups attached to an aromatic ring is 2. The summed E-state index contributed by atoms with van der Waals surface area (Å²) >= 11 is 0. The summed E-state index contributed by atoms with van der Waals surface area (Å²) in [5.41, 5.74) is 16.0. The minimum Gasteiger partial charge on any atom is -0.396 e. The lowest BCUT2D eigenvalue weighted by atomic mass is 9.91. The van der Waals surface area contributed by atoms with E-state index in [4.69, 9.17) is 16.9 Å². The molecule has 0 aliphatic heterocycles. The molecule has 26 heavy (non-hydrogen) atoms. The molecule has 3 aromatic rings. The summed E-state index contributed by atoms with van der Waals surface area (Å²) in [7, 11) is 0. The highest BCUT2D eigenvalue weighted by Crippen LogP contribution is 2.40. The van der Waals surface area contributed by atoms with Crippen molar-refractivity contribution >= 4 is 28.5 Å². The molecule has 0 saturated carbocycles. The second-order valence-corrected chi connectivity index (χ2v) is 6.54. The zero-order valence-electron chi connectivity index (χ0n) is 14.2. The molecule has 0 radical (unpaired) electrons. The SMILES string of the molecule is Cc1nc2c(c3c(-c4ccc(F)c(N)c4C=N)c(N)c(=O)[nH]c13)CCC2. The van der Waals surface area contributed by atoms with E-state index in [1.165, 1.54) is 12.1 Å². The Labute approximate surface area is 148 Å². The number of halogens is 1. The van der Waals surface area contributed by atoms with Crippen LogP contribution in [0.3, 0.4) is 0 Å². The van der Waals surface area contributed by atoms with Crippen molar-refractivity contribution in [1.29, 1.82) is 5.41 Å². The van der Waals surface area contributed by atoms with Crippen molar-refractivity contribution < 1.29 is 4.39 Å². The Morgan fingerprint density at radius 3 is 2.77 bits per heavy atom. The van der Waals surface area contributed by atoms with Crippen molar-refractivity contribution in [1.82, 2.24) is 9.97 Å². The van der Waals surface area contributed by atoms with Crippen molar-refractivity contribution in [3.8, 4) is 11.1 Å². The Hall–Kier alpha value is -3.22. The number of hydrogen-bond acceptors (Lipinski definition) is 5. The second kappa shape index (κ2) is 5.66. The van der Waals surface area contributed by atoms with Crippen molar-refractivity contribution in [3.63, 3.8) is 0 Å². The van der Waals surface area contributed by atoms with E-state index >= 15 is 0 Å². The first-order valence-corrected chi connectivity index (χ1v) is 8.36. The summed E-state index contributed by atoms with van der Waals surface area (Å²) < 4.78 is 13.9. The summed E-state index contributed by atoms with van der Waals surface area (Å²) in [4.78, 5) is 19.9. The van der Waals surface area contributed by atoms with Crippen LogP contribution in [0, 0.1) is 18.2 Å². The van der Waals surface area contributed by atoms with Crippen LogP contribution in [0.2, 0.25) is 0 Å². The average molecular weight is 351 g/mol. The molecular weight excluding hydrogens is 333 g/mol. The van der Waals surface area contributed by atoms with Gasteiger partial charge in [0.1, 0.15) is 11.5 Å². The standard InChI is InChI=1S/C19H18FN5O/c1-8-18-15(10-3-2-4-13(10)24-8)14(17(23)19(26)25-18)9-5-6-12(20)16(22)11(9)7-21/h5-7,21H,2-4,22-23H2,1H3,(H,25,26). The van der Waals surface area contributed by atoms with Gasteiger partial charge < -0.3 is 21.9 Å². The van der Waals surface area contributed by atoms with Gasteiger partial charge in [0.15, 0.2) is 0 Å². The summed E-state index contributed by atoms with van der Waals surface area (Å²) in [6.07, 6.45) is 3.67. The maximum atomic E-state index is 13.9. The van der Waals surface area contributed by atoms with Crippen molar-refractivity contribution in [3.05, 3.63) is 50.8 Å². The van der Waals surface area contributed by atoms with E-state index in [0.717, 1.165) is 42.1 Å². The molecule has 1 aromatic carbocycles. The van der Waals surface area contributed by atoms with Gasteiger partial charge in [0.2, 0.25) is 0 Å². The molecule has 2 aromatic heterocycles. The number of nitrogens with two attached hydrogens (primary N) is 2. The summed E-state index contributed by atoms with van der Waals surface area (Å²) in [6.45, 7) is 1.84. The van der Waals surface area contributed by atoms with E-state index < -0.39 is 11.4 Å². The number of aryl methyl sites for hydroxylation is 3. The average Bonchev–Trinajstić information content (AvgIpc) is 3.07. The van der Waals surface area contributed by atoms with Gasteiger partial charge in [0, 0.05) is 28.4 Å². The summed E-state index contributed by atoms with van der Waals surface area (Å²) in [5, 5.41) is 8.50. The van der Waals surface area contributed by atoms with E-state index in [-0.39, 0.29) is 16.9 Å². The quantitative estimate of drug-likeness (QED) is 0.419. The number of aromatic nitrogens is 2. The van der Waals surface area contributed by atoms with Gasteiger partial charge in [-0.2, -0.15) is 0 Å². The van der Waals surface area contributed by atoms with E-state index in [9.17, 15) is 9.18 Å². The molecule has 6 N–H and O–H groups in total. The molecule has 6 nitrogen and oxygen atoms in total. The maximum absolute atomic E-state index is 13.9. The molecule has 0 bridgehead atoms. The van der Waals surface area contributed by atoms with Crippen molar-refractivity contribution in [2.45, 2.75) is 26.2 Å². The highest BCUT2D eigenvalue weighted by Gasteiger charge is 2.24. The lowest BCUT2D eigenvalue weighted by Crippen LogP contribution is -2.16. The fourth-order valence-corrected chi connectivity index (χ4v) is 3.83. The van der Waals surface area contributed by atoms with Gasteiger partial charge in [-0.25, -0.2) is 4.39 Å². The molecule has 2 heterocycles. The van der Waals surface area contributed by atoms with Crippen molar-refractivity contribution in [2.75, 3.05) is 11.5 Å². The van der Waals surface area contributed by atoms with E-state index in [1.54, 1.807) is 0 Å². The normalized spacial score (nSPS) is 13.2. The zero-order valence-corrected chi connectivity index (χ0v) is 14.2. The molecule has 0 saturated heterocycles. The van der Waals surface area contributed by atoms with Crippen LogP contribution in [0.25, 0.3) is 22.0 Å². The molecule has 7 heteroatoms. The van der Waals surface area contributed by atoms with Gasteiger partial charge in [-0.1, -0.05) is 6.07 Å². The monoisotopic (exact) mass is 351 g/mol. The van der Waals surface area contributed by atoms with Crippen LogP contribution in [0.1, 0.15) is 28.9 Å². The number of anilines is 2. The number of benzene rings is 1. The predicted molar refractivity (Wildman–Crippen MR) is 101 cm³/mol. The van der Waals surface area contributed by atoms with Gasteiger partial charge >= 0.3 is 0 Å². The largest absolute Gasteiger partial charge is 0.396 e. The molecule has 0 fully saturated rings. The molecule has 0 atom stereocenters. The van der Waals surface area contributed by atoms with E-state index in [2.05, 4.69) is 9.97 Å². The van der Waals surface area contributed by atoms with E-state index in [1.807, 2.05) is 6.92 Å². The first-order valence-electron chi connectivity index (χ1n) is 8.36. The highest BCUT2D eigenvalue weighted by atomic mass is 19.1. The van der Waals surface area contributed by atoms with Crippen LogP contribution in [0.5, 0.6) is 0 Å². The van der Waals surface area contributed by atoms with Crippen LogP contribution >= 0.6 is 0 Å². The minimum atomic E-state index is -0.608. The van der Waals surface area contributed by atoms with Gasteiger partial charge in [0.25, 0.3) is 5.56 Å². The second-order valence-electron chi connectivity index (χ2n) is 6.54. The molecule has 0 unspecified atom stereocenters. The Morgan fingerprint density at radius 1 is 1.27 bits per heavy atom. The van der Waals surface area contributed by atoms with Crippen LogP contribution in [0.4, 0.5) is 15.8 Å². The Kier molecular flexibility index (Phi) is 3.54. The number of nitrogens with zero attached hydrogens (tertiary/aromatic N) is 1. The number of hydrogen-bond donors (Lipinski definition) is 4. The van der Waals surface area contributed by atoms with Gasteiger partial charge in [-0.15, -0.1) is 0 Å². The third-order valence-corrected chi connectivity index (χ3v) is 5.06. The third kappa shape index (κ3) is 2.13. The number of aromatic amines is 1. The Bertz CT molecular complexity index is 1150. The third-order valence-electron chi connectivity index (χ3n) is 5.06. The predicted octanol–water partition coefficient (Wildman–Crippen LogP) is 2.69. The molecule has 4 rings (SSSR count). The Balaban J connectivity index is 2.25. The molecule has 1 aliphatic rings. The smallest absolute Gasteiger partial charge is 0.272 e. The zero-order chi connectivity index (χ0) is 18.6. The topological polar surface area (TPSA) is 122 Å². The first-order chi connectivity index (χ1) is 12.4. The van der Waals surface area contributed by atoms with Crippen molar-refractivity contribution in [2.24, 2.45) is 0 Å². The number of nitrogens with one attached hydrogen (secondary N) is 2. The number of pyridine rings is 2. The maximum Gasteiger partial charge on any atom is 0.272 e. The minimum absolute atomic E-state index is 0.0336. The van der Waals surface area contributed by atoms with Gasteiger partial charge in [0.05, 0.1) is 16.9 Å². The van der Waals surface area contributed by atoms with Crippen LogP contribution < -0.4 is 17.0 Å². The molecular formula is C19H18FN5O. The highest BCUT2D eigenvalue weighted by molar-refractivity contribution is 6.08.